The Morgan fingerprint density at radius 3 is 2.64 bits per heavy atom. The largest absolute Gasteiger partial charge is 0.381 e. The number of aryl methyl sites for hydroxylation is 1. The summed E-state index contributed by atoms with van der Waals surface area (Å²) in [5.41, 5.74) is 5.78. The third kappa shape index (κ3) is 2.14. The molecule has 0 radical (unpaired) electrons. The molecule has 0 atom stereocenters. The second-order valence-corrected chi connectivity index (χ2v) is 5.63. The summed E-state index contributed by atoms with van der Waals surface area (Å²) in [7, 11) is 0. The van der Waals surface area contributed by atoms with E-state index in [1.807, 2.05) is 0 Å². The molecule has 4 amide bonds. The molecule has 1 aromatic rings. The van der Waals surface area contributed by atoms with E-state index in [0.717, 1.165) is 4.90 Å². The van der Waals surface area contributed by atoms with Gasteiger partial charge in [0.05, 0.1) is 5.69 Å². The van der Waals surface area contributed by atoms with Crippen molar-refractivity contribution in [2.45, 2.75) is 25.3 Å². The normalized spacial score (nSPS) is 20.3. The molecule has 116 valence electrons. The number of carbonyl (C=O) groups excluding carboxylic acids is 3. The first-order valence-electron chi connectivity index (χ1n) is 7.09. The smallest absolute Gasteiger partial charge is 0.329 e. The monoisotopic (exact) mass is 303 g/mol. The average Bonchev–Trinajstić information content (AvgIpc) is 2.71. The molecule has 3 N–H and O–H groups in total. The highest BCUT2D eigenvalue weighted by Crippen LogP contribution is 2.32. The Morgan fingerprint density at radius 2 is 2.00 bits per heavy atom. The minimum Gasteiger partial charge on any atom is -0.381 e. The molecule has 2 aliphatic heterocycles. The number of amides is 4. The van der Waals surface area contributed by atoms with Crippen LogP contribution in [0.25, 0.3) is 0 Å². The summed E-state index contributed by atoms with van der Waals surface area (Å²) in [6.07, 6.45) is 0.894. The van der Waals surface area contributed by atoms with Gasteiger partial charge in [-0.05, 0) is 24.6 Å². The van der Waals surface area contributed by atoms with Crippen LogP contribution >= 0.6 is 0 Å². The Balaban J connectivity index is 1.98. The molecule has 0 bridgehead atoms. The van der Waals surface area contributed by atoms with Gasteiger partial charge in [-0.2, -0.15) is 0 Å². The molecule has 0 aliphatic carbocycles. The average molecular weight is 303 g/mol. The fourth-order valence-electron chi connectivity index (χ4n) is 2.93. The van der Waals surface area contributed by atoms with Gasteiger partial charge in [-0.3, -0.25) is 9.59 Å². The summed E-state index contributed by atoms with van der Waals surface area (Å²) in [6.45, 7) is 2.61. The van der Waals surface area contributed by atoms with Crippen molar-refractivity contribution < 1.29 is 19.1 Å². The van der Waals surface area contributed by atoms with E-state index < -0.39 is 17.5 Å². The van der Waals surface area contributed by atoms with Gasteiger partial charge in [0.25, 0.3) is 5.91 Å². The van der Waals surface area contributed by atoms with Crippen LogP contribution in [0.2, 0.25) is 0 Å². The molecule has 2 fully saturated rings. The molecular weight excluding hydrogens is 286 g/mol. The lowest BCUT2D eigenvalue weighted by atomic mass is 9.90. The first kappa shape index (κ1) is 14.5. The quantitative estimate of drug-likeness (QED) is 0.785. The zero-order valence-corrected chi connectivity index (χ0v) is 12.2. The second kappa shape index (κ2) is 5.10. The van der Waals surface area contributed by atoms with Crippen LogP contribution in [0.4, 0.5) is 10.5 Å². The number of primary amides is 1. The number of imide groups is 1. The number of benzene rings is 1. The molecule has 0 saturated carbocycles. The first-order chi connectivity index (χ1) is 10.4. The Kier molecular flexibility index (Phi) is 3.37. The maximum Gasteiger partial charge on any atom is 0.329 e. The van der Waals surface area contributed by atoms with E-state index in [1.54, 1.807) is 19.1 Å². The van der Waals surface area contributed by atoms with E-state index in [2.05, 4.69) is 5.32 Å². The highest BCUT2D eigenvalue weighted by molar-refractivity contribution is 6.23. The summed E-state index contributed by atoms with van der Waals surface area (Å²) in [5.74, 6) is -0.896. The predicted octanol–water partition coefficient (Wildman–Crippen LogP) is 0.699. The number of rotatable bonds is 2. The van der Waals surface area contributed by atoms with Crippen molar-refractivity contribution in [2.75, 3.05) is 18.1 Å². The van der Waals surface area contributed by atoms with E-state index in [9.17, 15) is 14.4 Å². The molecule has 3 rings (SSSR count). The van der Waals surface area contributed by atoms with Crippen molar-refractivity contribution in [1.82, 2.24) is 5.32 Å². The number of anilines is 1. The second-order valence-electron chi connectivity index (χ2n) is 5.63. The lowest BCUT2D eigenvalue weighted by Gasteiger charge is -2.30. The van der Waals surface area contributed by atoms with Gasteiger partial charge in [-0.1, -0.05) is 6.07 Å². The van der Waals surface area contributed by atoms with Crippen LogP contribution in [0, 0.1) is 6.92 Å². The Morgan fingerprint density at radius 1 is 1.32 bits per heavy atom. The van der Waals surface area contributed by atoms with Gasteiger partial charge in [0.15, 0.2) is 0 Å². The van der Waals surface area contributed by atoms with Crippen LogP contribution in [-0.4, -0.2) is 36.6 Å². The summed E-state index contributed by atoms with van der Waals surface area (Å²) >= 11 is 0. The molecular formula is C15H17N3O4. The molecule has 2 heterocycles. The molecule has 7 heteroatoms. The van der Waals surface area contributed by atoms with Crippen molar-refractivity contribution in [3.05, 3.63) is 29.3 Å². The van der Waals surface area contributed by atoms with Crippen molar-refractivity contribution in [2.24, 2.45) is 5.73 Å². The number of nitrogens with two attached hydrogens (primary N) is 1. The van der Waals surface area contributed by atoms with Gasteiger partial charge in [0, 0.05) is 31.6 Å². The number of carbonyl (C=O) groups is 3. The Labute approximate surface area is 127 Å². The molecule has 7 nitrogen and oxygen atoms in total. The van der Waals surface area contributed by atoms with E-state index in [0.29, 0.717) is 42.9 Å². The fraction of sp³-hybridized carbons (Fsp3) is 0.400. The number of urea groups is 1. The molecule has 0 aromatic heterocycles. The van der Waals surface area contributed by atoms with Crippen LogP contribution in [0.5, 0.6) is 0 Å². The molecule has 0 unspecified atom stereocenters. The van der Waals surface area contributed by atoms with Gasteiger partial charge < -0.3 is 15.8 Å². The highest BCUT2D eigenvalue weighted by atomic mass is 16.5. The summed E-state index contributed by atoms with van der Waals surface area (Å²) in [5, 5.41) is 2.77. The third-order valence-corrected chi connectivity index (χ3v) is 4.25. The van der Waals surface area contributed by atoms with Crippen LogP contribution in [0.1, 0.15) is 28.8 Å². The van der Waals surface area contributed by atoms with Crippen molar-refractivity contribution in [3.63, 3.8) is 0 Å². The number of nitrogens with zero attached hydrogens (tertiary/aromatic N) is 1. The van der Waals surface area contributed by atoms with Crippen LogP contribution < -0.4 is 16.0 Å². The summed E-state index contributed by atoms with van der Waals surface area (Å²) < 4.78 is 5.26. The standard InChI is InChI=1S/C15H17N3O4/c1-9-2-3-10(8-11(9)12(16)19)18-13(20)15(17-14(18)21)4-6-22-7-5-15/h2-3,8H,4-7H2,1H3,(H2,16,19)(H,17,21). The van der Waals surface area contributed by atoms with Crippen LogP contribution in [0.3, 0.4) is 0 Å². The van der Waals surface area contributed by atoms with Crippen molar-refractivity contribution in [3.8, 4) is 0 Å². The summed E-state index contributed by atoms with van der Waals surface area (Å²) in [6, 6.07) is 4.31. The summed E-state index contributed by atoms with van der Waals surface area (Å²) in [4.78, 5) is 37.5. The van der Waals surface area contributed by atoms with Crippen LogP contribution in [-0.2, 0) is 9.53 Å². The Hall–Kier alpha value is -2.41. The van der Waals surface area contributed by atoms with Gasteiger partial charge in [-0.15, -0.1) is 0 Å². The van der Waals surface area contributed by atoms with Gasteiger partial charge in [0.2, 0.25) is 5.91 Å². The molecule has 1 aromatic carbocycles. The SMILES string of the molecule is Cc1ccc(N2C(=O)NC3(CCOCC3)C2=O)cc1C(N)=O. The van der Waals surface area contributed by atoms with E-state index >= 15 is 0 Å². The van der Waals surface area contributed by atoms with Crippen molar-refractivity contribution >= 4 is 23.5 Å². The molecule has 2 aliphatic rings. The predicted molar refractivity (Wildman–Crippen MR) is 78.5 cm³/mol. The fourth-order valence-corrected chi connectivity index (χ4v) is 2.93. The first-order valence-corrected chi connectivity index (χ1v) is 7.09. The topological polar surface area (TPSA) is 102 Å². The number of ether oxygens (including phenoxy) is 1. The molecule has 22 heavy (non-hydrogen) atoms. The maximum absolute atomic E-state index is 12.7. The zero-order chi connectivity index (χ0) is 15.9. The van der Waals surface area contributed by atoms with E-state index in [4.69, 9.17) is 10.5 Å². The number of hydrogen-bond donors (Lipinski definition) is 2. The lowest BCUT2D eigenvalue weighted by molar-refractivity contribution is -0.125. The van der Waals surface area contributed by atoms with E-state index in [1.165, 1.54) is 6.07 Å². The lowest BCUT2D eigenvalue weighted by Crippen LogP contribution is -2.51. The minimum atomic E-state index is -0.896. The Bertz CT molecular complexity index is 665. The number of hydrogen-bond acceptors (Lipinski definition) is 4. The molecule has 2 saturated heterocycles. The van der Waals surface area contributed by atoms with Gasteiger partial charge in [-0.25, -0.2) is 9.69 Å². The highest BCUT2D eigenvalue weighted by Gasteiger charge is 2.52. The third-order valence-electron chi connectivity index (χ3n) is 4.25. The maximum atomic E-state index is 12.7. The van der Waals surface area contributed by atoms with Gasteiger partial charge in [0.1, 0.15) is 5.54 Å². The minimum absolute atomic E-state index is 0.297. The number of nitrogens with one attached hydrogen (secondary N) is 1. The zero-order valence-electron chi connectivity index (χ0n) is 12.2. The van der Waals surface area contributed by atoms with Crippen LogP contribution in [0.15, 0.2) is 18.2 Å². The van der Waals surface area contributed by atoms with Gasteiger partial charge >= 0.3 is 6.03 Å². The van der Waals surface area contributed by atoms with Crippen molar-refractivity contribution in [1.29, 1.82) is 0 Å². The van der Waals surface area contributed by atoms with E-state index in [-0.39, 0.29) is 5.91 Å². The molecule has 1 spiro atoms.